The van der Waals surface area contributed by atoms with Crippen LogP contribution in [0.25, 0.3) is 0 Å². The largest absolute Gasteiger partial charge is 0.365 e. The van der Waals surface area contributed by atoms with E-state index in [0.717, 1.165) is 10.6 Å². The van der Waals surface area contributed by atoms with Crippen molar-refractivity contribution in [3.8, 4) is 0 Å². The summed E-state index contributed by atoms with van der Waals surface area (Å²) < 4.78 is 19.7. The van der Waals surface area contributed by atoms with Crippen LogP contribution in [0.1, 0.15) is 48.4 Å². The molecule has 2 saturated heterocycles. The van der Waals surface area contributed by atoms with Gasteiger partial charge in [0.15, 0.2) is 5.78 Å². The molecule has 2 N–H and O–H groups in total. The van der Waals surface area contributed by atoms with Gasteiger partial charge in [0.05, 0.1) is 29.4 Å². The Balaban J connectivity index is 1.42. The lowest BCUT2D eigenvalue weighted by Crippen LogP contribution is -2.52. The molecule has 4 rings (SSSR count). The Hall–Kier alpha value is -2.30. The quantitative estimate of drug-likeness (QED) is 0.563. The van der Waals surface area contributed by atoms with Crippen molar-refractivity contribution in [3.05, 3.63) is 35.4 Å². The number of hydrogen-bond donors (Lipinski definition) is 2. The Labute approximate surface area is 209 Å². The summed E-state index contributed by atoms with van der Waals surface area (Å²) in [5.41, 5.74) is 1.52. The molecule has 3 aliphatic rings. The maximum Gasteiger partial charge on any atom is 0.251 e. The smallest absolute Gasteiger partial charge is 0.251 e. The monoisotopic (exact) mass is 504 g/mol. The number of fused-ring (bicyclic) bond motifs is 1. The minimum atomic E-state index is -1.41. The number of carbonyl (C=O) groups is 3. The fourth-order valence-electron chi connectivity index (χ4n) is 4.74. The van der Waals surface area contributed by atoms with Crippen LogP contribution in [0.3, 0.4) is 0 Å². The lowest BCUT2D eigenvalue weighted by Gasteiger charge is -2.28. The second kappa shape index (κ2) is 10.8. The molecule has 0 aromatic heterocycles. The van der Waals surface area contributed by atoms with Crippen LogP contribution in [0, 0.1) is 5.92 Å². The van der Waals surface area contributed by atoms with Gasteiger partial charge < -0.3 is 20.3 Å². The van der Waals surface area contributed by atoms with E-state index in [4.69, 9.17) is 4.74 Å². The molecule has 1 aromatic rings. The van der Waals surface area contributed by atoms with Gasteiger partial charge in [0.2, 0.25) is 5.91 Å². The van der Waals surface area contributed by atoms with Gasteiger partial charge in [-0.05, 0) is 44.0 Å². The Morgan fingerprint density at radius 3 is 2.63 bits per heavy atom. The van der Waals surface area contributed by atoms with E-state index >= 15 is 0 Å². The summed E-state index contributed by atoms with van der Waals surface area (Å²) in [6.07, 6.45) is -1.94. The third-order valence-electron chi connectivity index (χ3n) is 6.74. The number of halogens is 1. The molecule has 0 spiro atoms. The maximum atomic E-state index is 14.4. The van der Waals surface area contributed by atoms with E-state index in [0.29, 0.717) is 18.5 Å². The first-order valence-corrected chi connectivity index (χ1v) is 13.0. The minimum Gasteiger partial charge on any atom is -0.365 e. The van der Waals surface area contributed by atoms with E-state index in [1.165, 1.54) is 4.90 Å². The van der Waals surface area contributed by atoms with E-state index in [9.17, 15) is 18.8 Å². The van der Waals surface area contributed by atoms with Crippen molar-refractivity contribution < 1.29 is 23.5 Å². The molecule has 0 saturated carbocycles. The predicted molar refractivity (Wildman–Crippen MR) is 133 cm³/mol. The number of aliphatic imine (C=N–C) groups is 1. The summed E-state index contributed by atoms with van der Waals surface area (Å²) >= 11 is 1.72. The van der Waals surface area contributed by atoms with Crippen molar-refractivity contribution >= 4 is 34.4 Å². The highest BCUT2D eigenvalue weighted by molar-refractivity contribution is 8.14. The van der Waals surface area contributed by atoms with Gasteiger partial charge in [0.25, 0.3) is 5.91 Å². The average Bonchev–Trinajstić information content (AvgIpc) is 3.55. The van der Waals surface area contributed by atoms with E-state index in [1.807, 2.05) is 33.0 Å². The third kappa shape index (κ3) is 5.44. The van der Waals surface area contributed by atoms with Crippen LogP contribution in [0.2, 0.25) is 0 Å². The number of nitrogens with one attached hydrogen (secondary N) is 2. The second-order valence-electron chi connectivity index (χ2n) is 9.77. The van der Waals surface area contributed by atoms with Crippen LogP contribution >= 0.6 is 11.8 Å². The molecule has 8 nitrogen and oxygen atoms in total. The van der Waals surface area contributed by atoms with Crippen LogP contribution in [0.15, 0.2) is 29.3 Å². The number of hydrogen-bond acceptors (Lipinski definition) is 7. The van der Waals surface area contributed by atoms with Gasteiger partial charge in [0, 0.05) is 5.56 Å². The van der Waals surface area contributed by atoms with Crippen LogP contribution in [0.4, 0.5) is 4.39 Å². The molecule has 1 aromatic carbocycles. The summed E-state index contributed by atoms with van der Waals surface area (Å²) in [6, 6.07) is 5.77. The summed E-state index contributed by atoms with van der Waals surface area (Å²) in [6.45, 7) is 6.27. The third-order valence-corrected chi connectivity index (χ3v) is 8.17. The Morgan fingerprint density at radius 1 is 1.26 bits per heavy atom. The molecule has 0 bridgehead atoms. The van der Waals surface area contributed by atoms with Gasteiger partial charge in [0.1, 0.15) is 31.0 Å². The van der Waals surface area contributed by atoms with Crippen LogP contribution in [-0.2, 0) is 14.3 Å². The molecule has 3 heterocycles. The molecule has 6 atom stereocenters. The number of likely N-dealkylation sites (tertiary alicyclic amines) is 1. The van der Waals surface area contributed by atoms with Gasteiger partial charge in [-0.2, -0.15) is 0 Å². The molecule has 0 radical (unpaired) electrons. The van der Waals surface area contributed by atoms with Gasteiger partial charge in [-0.3, -0.25) is 19.4 Å². The van der Waals surface area contributed by atoms with Gasteiger partial charge in [-0.25, -0.2) is 4.39 Å². The second-order valence-corrected chi connectivity index (χ2v) is 11.0. The molecule has 2 amide bonds. The minimum absolute atomic E-state index is 0.107. The molecule has 190 valence electrons. The Kier molecular flexibility index (Phi) is 7.92. The van der Waals surface area contributed by atoms with Crippen LogP contribution in [0.5, 0.6) is 0 Å². The number of rotatable bonds is 8. The SMILES string of the molecule is CN[C@@H](C)C1=NCC(c2ccc(C(=O)NC(CC(C)C)C(=O)N3C[C@H](F)[C@H]4OCC(=O)[C@H]43)cc2)S1. The van der Waals surface area contributed by atoms with Crippen molar-refractivity contribution in [2.45, 2.75) is 62.8 Å². The standard InChI is InChI=1S/C25H33FN4O4S/c1-13(2)9-18(25(33)30-11-17(26)22-21(30)19(31)12-34-22)29-23(32)16-7-5-15(6-8-16)20-10-28-24(35-20)14(3)27-4/h5-8,13-14,17-18,20-22,27H,9-12H2,1-4H3,(H,29,32)/t14-,17-,18?,20?,21+,22+/m0/s1. The predicted octanol–water partition coefficient (Wildman–Crippen LogP) is 2.14. The van der Waals surface area contributed by atoms with E-state index in [2.05, 4.69) is 22.5 Å². The molecule has 2 unspecified atom stereocenters. The Morgan fingerprint density at radius 2 is 1.97 bits per heavy atom. The molecule has 10 heteroatoms. The van der Waals surface area contributed by atoms with Gasteiger partial charge in [-0.15, -0.1) is 0 Å². The first-order chi connectivity index (χ1) is 16.7. The van der Waals surface area contributed by atoms with Crippen molar-refractivity contribution in [3.63, 3.8) is 0 Å². The van der Waals surface area contributed by atoms with Crippen molar-refractivity contribution in [2.24, 2.45) is 10.9 Å². The highest BCUT2D eigenvalue weighted by Gasteiger charge is 2.53. The molecular formula is C25H33FN4O4S. The number of ether oxygens (including phenoxy) is 1. The lowest BCUT2D eigenvalue weighted by molar-refractivity contribution is -0.138. The topological polar surface area (TPSA) is 100 Å². The highest BCUT2D eigenvalue weighted by atomic mass is 32.2. The molecule has 2 fully saturated rings. The summed E-state index contributed by atoms with van der Waals surface area (Å²) in [7, 11) is 1.91. The first-order valence-electron chi connectivity index (χ1n) is 12.1. The maximum absolute atomic E-state index is 14.4. The highest BCUT2D eigenvalue weighted by Crippen LogP contribution is 2.36. The van der Waals surface area contributed by atoms with Crippen LogP contribution < -0.4 is 10.6 Å². The first kappa shape index (κ1) is 25.8. The van der Waals surface area contributed by atoms with E-state index in [1.54, 1.807) is 23.9 Å². The fraction of sp³-hybridized carbons (Fsp3) is 0.600. The molecular weight excluding hydrogens is 471 g/mol. The zero-order valence-electron chi connectivity index (χ0n) is 20.5. The van der Waals surface area contributed by atoms with Crippen LogP contribution in [-0.4, -0.2) is 84.7 Å². The zero-order valence-corrected chi connectivity index (χ0v) is 21.3. The van der Waals surface area contributed by atoms with Crippen molar-refractivity contribution in [1.82, 2.24) is 15.5 Å². The number of amides is 2. The number of benzene rings is 1. The lowest BCUT2D eigenvalue weighted by atomic mass is 10.0. The fourth-order valence-corrected chi connectivity index (χ4v) is 5.94. The number of thioether (sulfide) groups is 1. The van der Waals surface area contributed by atoms with Crippen molar-refractivity contribution in [1.29, 1.82) is 0 Å². The molecule has 0 aliphatic carbocycles. The normalized spacial score (nSPS) is 27.7. The summed E-state index contributed by atoms with van der Waals surface area (Å²) in [5.74, 6) is -1.01. The summed E-state index contributed by atoms with van der Waals surface area (Å²) in [5, 5.41) is 7.30. The Bertz CT molecular complexity index is 1000. The van der Waals surface area contributed by atoms with E-state index < -0.39 is 30.3 Å². The van der Waals surface area contributed by atoms with E-state index in [-0.39, 0.29) is 42.1 Å². The number of Topliss-reactive ketones (excluding diaryl/α,β-unsaturated/α-hetero) is 1. The number of ketones is 1. The molecule has 3 aliphatic heterocycles. The summed E-state index contributed by atoms with van der Waals surface area (Å²) in [4.78, 5) is 44.5. The number of alkyl halides is 1. The molecule has 35 heavy (non-hydrogen) atoms. The number of carbonyl (C=O) groups excluding carboxylic acids is 3. The van der Waals surface area contributed by atoms with Gasteiger partial charge >= 0.3 is 0 Å². The number of nitrogens with zero attached hydrogens (tertiary/aromatic N) is 2. The van der Waals surface area contributed by atoms with Gasteiger partial charge in [-0.1, -0.05) is 37.7 Å². The van der Waals surface area contributed by atoms with Crippen molar-refractivity contribution in [2.75, 3.05) is 26.7 Å². The zero-order chi connectivity index (χ0) is 25.3. The average molecular weight is 505 g/mol.